The Bertz CT molecular complexity index is 1480. The van der Waals surface area contributed by atoms with Crippen LogP contribution in [0.3, 0.4) is 0 Å². The second kappa shape index (κ2) is 15.4. The molecule has 0 aliphatic carbocycles. The number of benzene rings is 4. The Labute approximate surface area is 253 Å². The summed E-state index contributed by atoms with van der Waals surface area (Å²) in [4.78, 5) is 25.3. The van der Waals surface area contributed by atoms with Crippen LogP contribution in [0.25, 0.3) is 11.1 Å². The Morgan fingerprint density at radius 2 is 1.42 bits per heavy atom. The number of esters is 1. The summed E-state index contributed by atoms with van der Waals surface area (Å²) in [5.41, 5.74) is 3.78. The summed E-state index contributed by atoms with van der Waals surface area (Å²) in [7, 11) is 1.63. The van der Waals surface area contributed by atoms with Gasteiger partial charge in [0.1, 0.15) is 18.1 Å². The van der Waals surface area contributed by atoms with Crippen LogP contribution >= 0.6 is 0 Å². The topological polar surface area (TPSA) is 83.1 Å². The first-order chi connectivity index (χ1) is 20.9. The first-order valence-corrected chi connectivity index (χ1v) is 14.6. The molecule has 4 rings (SSSR count). The minimum Gasteiger partial charge on any atom is -0.497 e. The zero-order valence-electron chi connectivity index (χ0n) is 25.2. The van der Waals surface area contributed by atoms with E-state index in [0.717, 1.165) is 29.7 Å². The third-order valence-corrected chi connectivity index (χ3v) is 6.88. The van der Waals surface area contributed by atoms with E-state index in [-0.39, 0.29) is 30.8 Å². The van der Waals surface area contributed by atoms with Gasteiger partial charge in [-0.25, -0.2) is 0 Å². The Kier molecular flexibility index (Phi) is 11.2. The Balaban J connectivity index is 1.38. The molecular weight excluding hydrogens is 542 g/mol. The van der Waals surface area contributed by atoms with Crippen molar-refractivity contribution in [1.29, 1.82) is 0 Å². The molecule has 0 radical (unpaired) electrons. The summed E-state index contributed by atoms with van der Waals surface area (Å²) in [6, 6.07) is 28.2. The number of ether oxygens (including phenoxy) is 4. The van der Waals surface area contributed by atoms with Gasteiger partial charge in [0.2, 0.25) is 5.75 Å². The van der Waals surface area contributed by atoms with Crippen molar-refractivity contribution < 1.29 is 28.5 Å². The van der Waals surface area contributed by atoms with E-state index in [0.29, 0.717) is 35.2 Å². The normalized spacial score (nSPS) is 10.7. The van der Waals surface area contributed by atoms with E-state index in [2.05, 4.69) is 19.2 Å². The van der Waals surface area contributed by atoms with E-state index in [9.17, 15) is 9.59 Å². The number of para-hydroxylation sites is 1. The Morgan fingerprint density at radius 1 is 0.791 bits per heavy atom. The average Bonchev–Trinajstić information content (AvgIpc) is 3.03. The number of unbranched alkanes of at least 4 members (excludes halogenated alkanes) is 1. The number of hydrogen-bond donors (Lipinski definition) is 1. The summed E-state index contributed by atoms with van der Waals surface area (Å²) in [5, 5.41) is 2.88. The number of hydrogen-bond acceptors (Lipinski definition) is 6. The summed E-state index contributed by atoms with van der Waals surface area (Å²) >= 11 is 0. The molecule has 0 aliphatic rings. The molecule has 0 aliphatic heterocycles. The van der Waals surface area contributed by atoms with Crippen LogP contribution in [0.2, 0.25) is 0 Å². The molecule has 0 aromatic heterocycles. The number of carbonyl (C=O) groups excluding carboxylic acids is 2. The van der Waals surface area contributed by atoms with Gasteiger partial charge in [-0.15, -0.1) is 0 Å². The molecule has 1 amide bonds. The summed E-state index contributed by atoms with van der Waals surface area (Å²) in [5.74, 6) is 2.20. The fraction of sp³-hybridized carbons (Fsp3) is 0.278. The lowest BCUT2D eigenvalue weighted by Crippen LogP contribution is -2.28. The van der Waals surface area contributed by atoms with Gasteiger partial charge < -0.3 is 24.3 Å². The molecule has 0 fully saturated rings. The van der Waals surface area contributed by atoms with Gasteiger partial charge in [0.25, 0.3) is 5.91 Å². The lowest BCUT2D eigenvalue weighted by atomic mass is 10.0. The van der Waals surface area contributed by atoms with Crippen molar-refractivity contribution in [2.45, 2.75) is 46.0 Å². The van der Waals surface area contributed by atoms with Gasteiger partial charge in [0.15, 0.2) is 11.5 Å². The number of amides is 1. The zero-order chi connectivity index (χ0) is 30.6. The highest BCUT2D eigenvalue weighted by atomic mass is 16.6. The lowest BCUT2D eigenvalue weighted by molar-refractivity contribution is -0.134. The highest BCUT2D eigenvalue weighted by Crippen LogP contribution is 2.40. The molecule has 7 heteroatoms. The van der Waals surface area contributed by atoms with Crippen molar-refractivity contribution in [3.05, 3.63) is 102 Å². The second-order valence-electron chi connectivity index (χ2n) is 10.4. The molecule has 4 aromatic rings. The standard InChI is InChI=1S/C36H39NO6/c1-5-6-10-34(38)43-35-32(8-7-9-33(35)42-31-21-15-26(16-22-31)25(2)3)41-24-23-37-36(39)29-13-11-27(12-14-29)28-17-19-30(40-4)20-18-28/h7-9,11-22,25H,5-6,10,23-24H2,1-4H3,(H,37,39). The van der Waals surface area contributed by atoms with Gasteiger partial charge in [-0.05, 0) is 77.6 Å². The van der Waals surface area contributed by atoms with Gasteiger partial charge in [0, 0.05) is 12.0 Å². The maximum atomic E-state index is 12.8. The number of methoxy groups -OCH3 is 1. The van der Waals surface area contributed by atoms with Crippen LogP contribution in [0.15, 0.2) is 91.0 Å². The number of nitrogens with one attached hydrogen (secondary N) is 1. The van der Waals surface area contributed by atoms with E-state index in [1.807, 2.05) is 67.6 Å². The molecule has 4 aromatic carbocycles. The van der Waals surface area contributed by atoms with Crippen LogP contribution in [0.5, 0.6) is 28.7 Å². The predicted molar refractivity (Wildman–Crippen MR) is 168 cm³/mol. The van der Waals surface area contributed by atoms with Gasteiger partial charge in [-0.1, -0.05) is 69.7 Å². The van der Waals surface area contributed by atoms with Gasteiger partial charge >= 0.3 is 5.97 Å². The van der Waals surface area contributed by atoms with Crippen molar-refractivity contribution in [3.8, 4) is 39.9 Å². The maximum absolute atomic E-state index is 12.8. The zero-order valence-corrected chi connectivity index (χ0v) is 25.2. The molecule has 7 nitrogen and oxygen atoms in total. The summed E-state index contributed by atoms with van der Waals surface area (Å²) < 4.78 is 23.0. The fourth-order valence-corrected chi connectivity index (χ4v) is 4.35. The Morgan fingerprint density at radius 3 is 2.05 bits per heavy atom. The van der Waals surface area contributed by atoms with Gasteiger partial charge in [-0.3, -0.25) is 9.59 Å². The lowest BCUT2D eigenvalue weighted by Gasteiger charge is -2.16. The molecule has 0 heterocycles. The SMILES string of the molecule is CCCCC(=O)Oc1c(OCCNC(=O)c2ccc(-c3ccc(OC)cc3)cc2)cccc1Oc1ccc(C(C)C)cc1. The third kappa shape index (κ3) is 8.85. The molecule has 1 N–H and O–H groups in total. The van der Waals surface area contributed by atoms with Crippen LogP contribution in [0.4, 0.5) is 0 Å². The molecule has 43 heavy (non-hydrogen) atoms. The van der Waals surface area contributed by atoms with Crippen molar-refractivity contribution in [2.24, 2.45) is 0 Å². The quantitative estimate of drug-likeness (QED) is 0.0919. The predicted octanol–water partition coefficient (Wildman–Crippen LogP) is 8.18. The number of carbonyl (C=O) groups is 2. The van der Waals surface area contributed by atoms with Crippen LogP contribution < -0.4 is 24.3 Å². The van der Waals surface area contributed by atoms with E-state index in [1.165, 1.54) is 5.56 Å². The molecule has 0 unspecified atom stereocenters. The molecule has 0 bridgehead atoms. The van der Waals surface area contributed by atoms with Crippen LogP contribution in [-0.2, 0) is 4.79 Å². The average molecular weight is 582 g/mol. The van der Waals surface area contributed by atoms with E-state index >= 15 is 0 Å². The molecular formula is C36H39NO6. The molecule has 0 atom stereocenters. The minimum atomic E-state index is -0.357. The van der Waals surface area contributed by atoms with Crippen LogP contribution in [0, 0.1) is 0 Å². The van der Waals surface area contributed by atoms with E-state index in [1.54, 1.807) is 37.4 Å². The highest BCUT2D eigenvalue weighted by molar-refractivity contribution is 5.94. The van der Waals surface area contributed by atoms with Crippen molar-refractivity contribution in [3.63, 3.8) is 0 Å². The Hall–Kier alpha value is -4.78. The fourth-order valence-electron chi connectivity index (χ4n) is 4.35. The molecule has 0 saturated carbocycles. The van der Waals surface area contributed by atoms with Gasteiger partial charge in [-0.2, -0.15) is 0 Å². The van der Waals surface area contributed by atoms with E-state index in [4.69, 9.17) is 18.9 Å². The van der Waals surface area contributed by atoms with E-state index < -0.39 is 0 Å². The maximum Gasteiger partial charge on any atom is 0.311 e. The van der Waals surface area contributed by atoms with Crippen LogP contribution in [-0.4, -0.2) is 32.1 Å². The third-order valence-electron chi connectivity index (χ3n) is 6.88. The highest BCUT2D eigenvalue weighted by Gasteiger charge is 2.18. The monoisotopic (exact) mass is 581 g/mol. The summed E-state index contributed by atoms with van der Waals surface area (Å²) in [6.45, 7) is 6.70. The molecule has 0 spiro atoms. The molecule has 224 valence electrons. The molecule has 0 saturated heterocycles. The first kappa shape index (κ1) is 31.2. The second-order valence-corrected chi connectivity index (χ2v) is 10.4. The summed E-state index contributed by atoms with van der Waals surface area (Å²) in [6.07, 6.45) is 1.89. The van der Waals surface area contributed by atoms with Crippen molar-refractivity contribution in [2.75, 3.05) is 20.3 Å². The van der Waals surface area contributed by atoms with Crippen molar-refractivity contribution in [1.82, 2.24) is 5.32 Å². The van der Waals surface area contributed by atoms with Crippen LogP contribution in [0.1, 0.15) is 61.9 Å². The van der Waals surface area contributed by atoms with Gasteiger partial charge in [0.05, 0.1) is 13.7 Å². The smallest absolute Gasteiger partial charge is 0.311 e. The number of rotatable bonds is 14. The first-order valence-electron chi connectivity index (χ1n) is 14.6. The van der Waals surface area contributed by atoms with Crippen molar-refractivity contribution >= 4 is 11.9 Å². The largest absolute Gasteiger partial charge is 0.497 e. The minimum absolute atomic E-state index is 0.168.